The molecule has 8 nitrogen and oxygen atoms in total. The van der Waals surface area contributed by atoms with Gasteiger partial charge in [0.25, 0.3) is 6.47 Å². The van der Waals surface area contributed by atoms with Crippen LogP contribution in [0, 0.1) is 23.7 Å². The number of rotatable bonds is 7. The summed E-state index contributed by atoms with van der Waals surface area (Å²) in [6, 6.07) is 2.05. The molecule has 8 heteroatoms. The molecule has 1 aromatic rings. The number of carboxylic acid groups (broad SMARTS) is 1. The highest BCUT2D eigenvalue weighted by Crippen LogP contribution is 2.39. The topological polar surface area (TPSA) is 105 Å². The summed E-state index contributed by atoms with van der Waals surface area (Å²) in [5.41, 5.74) is 0. The lowest BCUT2D eigenvalue weighted by Gasteiger charge is -2.39. The van der Waals surface area contributed by atoms with E-state index in [2.05, 4.69) is 20.2 Å². The third-order valence-electron chi connectivity index (χ3n) is 7.22. The van der Waals surface area contributed by atoms with E-state index in [1.165, 1.54) is 19.3 Å². The highest BCUT2D eigenvalue weighted by atomic mass is 16.5. The van der Waals surface area contributed by atoms with Gasteiger partial charge in [-0.15, -0.1) is 0 Å². The van der Waals surface area contributed by atoms with E-state index in [0.717, 1.165) is 63.7 Å². The van der Waals surface area contributed by atoms with E-state index < -0.39 is 0 Å². The molecule has 1 aliphatic heterocycles. The van der Waals surface area contributed by atoms with E-state index in [-0.39, 0.29) is 30.4 Å². The molecule has 3 saturated carbocycles. The van der Waals surface area contributed by atoms with E-state index in [4.69, 9.17) is 14.6 Å². The molecular formula is C23H34N4O4. The SMILES string of the molecule is O=C(N[C@H]1C[C@H]2CN(Cc3ncccn3)C[C@H]2C[C@@H]1OCC1CC1)C1CCC1.O=CO. The number of carbonyl (C=O) groups excluding carboxylic acids is 1. The van der Waals surface area contributed by atoms with E-state index in [1.54, 1.807) is 0 Å². The van der Waals surface area contributed by atoms with Gasteiger partial charge in [0, 0.05) is 38.0 Å². The number of ether oxygens (including phenoxy) is 1. The number of nitrogens with one attached hydrogen (secondary N) is 1. The molecular weight excluding hydrogens is 396 g/mol. The largest absolute Gasteiger partial charge is 0.483 e. The zero-order valence-electron chi connectivity index (χ0n) is 18.1. The van der Waals surface area contributed by atoms with Crippen LogP contribution >= 0.6 is 0 Å². The van der Waals surface area contributed by atoms with Crippen LogP contribution < -0.4 is 5.32 Å². The monoisotopic (exact) mass is 430 g/mol. The van der Waals surface area contributed by atoms with Gasteiger partial charge in [-0.3, -0.25) is 14.5 Å². The smallest absolute Gasteiger partial charge is 0.290 e. The first kappa shape index (κ1) is 22.1. The summed E-state index contributed by atoms with van der Waals surface area (Å²) in [4.78, 5) is 32.2. The second kappa shape index (κ2) is 10.5. The van der Waals surface area contributed by atoms with Gasteiger partial charge in [0.2, 0.25) is 5.91 Å². The Hall–Kier alpha value is -2.06. The minimum atomic E-state index is -0.250. The Bertz CT molecular complexity index is 726. The van der Waals surface area contributed by atoms with Crippen LogP contribution in [0.3, 0.4) is 0 Å². The number of carbonyl (C=O) groups is 2. The van der Waals surface area contributed by atoms with Crippen molar-refractivity contribution >= 4 is 12.4 Å². The molecule has 5 rings (SSSR count). The number of nitrogens with zero attached hydrogens (tertiary/aromatic N) is 3. The lowest BCUT2D eigenvalue weighted by Crippen LogP contribution is -2.52. The second-order valence-corrected chi connectivity index (χ2v) is 9.51. The van der Waals surface area contributed by atoms with Crippen LogP contribution in [0.2, 0.25) is 0 Å². The molecule has 1 saturated heterocycles. The molecule has 0 spiro atoms. The first-order valence-corrected chi connectivity index (χ1v) is 11.6. The second-order valence-electron chi connectivity index (χ2n) is 9.51. The summed E-state index contributed by atoms with van der Waals surface area (Å²) in [7, 11) is 0. The number of amides is 1. The normalized spacial score (nSPS) is 30.5. The highest BCUT2D eigenvalue weighted by molar-refractivity contribution is 5.79. The van der Waals surface area contributed by atoms with E-state index in [0.29, 0.717) is 11.8 Å². The number of hydrogen-bond acceptors (Lipinski definition) is 6. The minimum Gasteiger partial charge on any atom is -0.483 e. The van der Waals surface area contributed by atoms with Crippen LogP contribution in [0.15, 0.2) is 18.5 Å². The lowest BCUT2D eigenvalue weighted by atomic mass is 9.76. The van der Waals surface area contributed by atoms with Crippen molar-refractivity contribution in [2.24, 2.45) is 23.7 Å². The molecule has 1 aromatic heterocycles. The van der Waals surface area contributed by atoms with Gasteiger partial charge in [0.05, 0.1) is 18.7 Å². The Balaban J connectivity index is 0.000000730. The zero-order chi connectivity index (χ0) is 21.6. The molecule has 0 unspecified atom stereocenters. The molecule has 3 aliphatic carbocycles. The quantitative estimate of drug-likeness (QED) is 0.638. The number of likely N-dealkylation sites (tertiary alicyclic amines) is 1. The van der Waals surface area contributed by atoms with Gasteiger partial charge in [-0.05, 0) is 62.3 Å². The molecule has 4 fully saturated rings. The zero-order valence-corrected chi connectivity index (χ0v) is 18.1. The molecule has 2 N–H and O–H groups in total. The minimum absolute atomic E-state index is 0.179. The molecule has 170 valence electrons. The first-order valence-electron chi connectivity index (χ1n) is 11.6. The molecule has 31 heavy (non-hydrogen) atoms. The van der Waals surface area contributed by atoms with Gasteiger partial charge in [-0.2, -0.15) is 0 Å². The summed E-state index contributed by atoms with van der Waals surface area (Å²) >= 11 is 0. The Labute approximate surface area is 183 Å². The lowest BCUT2D eigenvalue weighted by molar-refractivity contribution is -0.130. The fourth-order valence-electron chi connectivity index (χ4n) is 5.10. The maximum Gasteiger partial charge on any atom is 0.290 e. The summed E-state index contributed by atoms with van der Waals surface area (Å²) in [5, 5.41) is 10.3. The van der Waals surface area contributed by atoms with Crippen molar-refractivity contribution < 1.29 is 19.4 Å². The van der Waals surface area contributed by atoms with Gasteiger partial charge in [-0.1, -0.05) is 6.42 Å². The fourth-order valence-corrected chi connectivity index (χ4v) is 5.10. The summed E-state index contributed by atoms with van der Waals surface area (Å²) < 4.78 is 6.36. The molecule has 4 atom stereocenters. The van der Waals surface area contributed by atoms with Crippen molar-refractivity contribution in [1.82, 2.24) is 20.2 Å². The van der Waals surface area contributed by atoms with Gasteiger partial charge >= 0.3 is 0 Å². The Morgan fingerprint density at radius 3 is 2.45 bits per heavy atom. The number of fused-ring (bicyclic) bond motifs is 1. The molecule has 0 bridgehead atoms. The van der Waals surface area contributed by atoms with E-state index in [1.807, 2.05) is 18.5 Å². The maximum absolute atomic E-state index is 12.6. The Morgan fingerprint density at radius 1 is 1.16 bits per heavy atom. The maximum atomic E-state index is 12.6. The van der Waals surface area contributed by atoms with Crippen molar-refractivity contribution in [2.45, 2.75) is 63.6 Å². The van der Waals surface area contributed by atoms with Crippen LogP contribution in [0.4, 0.5) is 0 Å². The van der Waals surface area contributed by atoms with Gasteiger partial charge in [0.1, 0.15) is 5.82 Å². The standard InChI is InChI=1S/C22H32N4O2.CH2O2/c27-22(16-3-1-4-16)25-19-9-17-11-26(13-21-23-7-2-8-24-21)12-18(17)10-20(19)28-14-15-5-6-15;2-1-3/h2,7-8,15-20H,1,3-6,9-14H2,(H,25,27);1H,(H,2,3)/t17-,18+,19-,20-;/m0./s1. The highest BCUT2D eigenvalue weighted by Gasteiger charge is 2.44. The van der Waals surface area contributed by atoms with E-state index >= 15 is 0 Å². The van der Waals surface area contributed by atoms with Crippen molar-refractivity contribution in [3.63, 3.8) is 0 Å². The summed E-state index contributed by atoms with van der Waals surface area (Å²) in [6.07, 6.45) is 11.9. The van der Waals surface area contributed by atoms with Crippen LogP contribution in [-0.4, -0.2) is 64.2 Å². The van der Waals surface area contributed by atoms with Crippen molar-refractivity contribution in [1.29, 1.82) is 0 Å². The average molecular weight is 431 g/mol. The third-order valence-corrected chi connectivity index (χ3v) is 7.22. The summed E-state index contributed by atoms with van der Waals surface area (Å²) in [5.74, 6) is 3.47. The average Bonchev–Trinajstić information content (AvgIpc) is 3.46. The fraction of sp³-hybridized carbons (Fsp3) is 0.739. The van der Waals surface area contributed by atoms with Crippen LogP contribution in [0.25, 0.3) is 0 Å². The van der Waals surface area contributed by atoms with E-state index in [9.17, 15) is 4.79 Å². The summed E-state index contributed by atoms with van der Waals surface area (Å²) in [6.45, 7) is 3.61. The molecule has 0 aromatic carbocycles. The van der Waals surface area contributed by atoms with Crippen LogP contribution in [0.1, 0.15) is 50.8 Å². The third kappa shape index (κ3) is 6.01. The van der Waals surface area contributed by atoms with Crippen molar-refractivity contribution in [3.8, 4) is 0 Å². The van der Waals surface area contributed by atoms with Gasteiger partial charge < -0.3 is 15.2 Å². The number of aromatic nitrogens is 2. The predicted octanol–water partition coefficient (Wildman–Crippen LogP) is 2.10. The molecule has 2 heterocycles. The molecule has 1 amide bonds. The molecule has 0 radical (unpaired) electrons. The molecule has 4 aliphatic rings. The van der Waals surface area contributed by atoms with Crippen LogP contribution in [0.5, 0.6) is 0 Å². The van der Waals surface area contributed by atoms with Gasteiger partial charge in [-0.25, -0.2) is 9.97 Å². The Kier molecular flexibility index (Phi) is 7.50. The number of hydrogen-bond donors (Lipinski definition) is 2. The first-order chi connectivity index (χ1) is 15.2. The van der Waals surface area contributed by atoms with Gasteiger partial charge in [0.15, 0.2) is 0 Å². The predicted molar refractivity (Wildman–Crippen MR) is 114 cm³/mol. The van der Waals surface area contributed by atoms with Crippen LogP contribution in [-0.2, 0) is 20.9 Å². The van der Waals surface area contributed by atoms with Crippen molar-refractivity contribution in [2.75, 3.05) is 19.7 Å². The van der Waals surface area contributed by atoms with Crippen molar-refractivity contribution in [3.05, 3.63) is 24.3 Å². The Morgan fingerprint density at radius 2 is 1.84 bits per heavy atom.